The minimum absolute atomic E-state index is 0.132. The van der Waals surface area contributed by atoms with Crippen molar-refractivity contribution in [2.45, 2.75) is 11.8 Å². The van der Waals surface area contributed by atoms with Crippen molar-refractivity contribution in [2.24, 2.45) is 0 Å². The van der Waals surface area contributed by atoms with Crippen molar-refractivity contribution in [1.82, 2.24) is 0 Å². The normalized spacial score (nSPS) is 11.4. The van der Waals surface area contributed by atoms with E-state index in [1.165, 1.54) is 6.07 Å². The van der Waals surface area contributed by atoms with E-state index in [-0.39, 0.29) is 4.90 Å². The minimum Gasteiger partial charge on any atom is -0.398 e. The molecule has 0 aliphatic rings. The van der Waals surface area contributed by atoms with E-state index in [0.717, 1.165) is 5.56 Å². The molecule has 0 saturated heterocycles. The van der Waals surface area contributed by atoms with Gasteiger partial charge in [0.1, 0.15) is 4.90 Å². The molecule has 0 radical (unpaired) electrons. The molecule has 2 aromatic carbocycles. The van der Waals surface area contributed by atoms with Gasteiger partial charge in [0, 0.05) is 8.95 Å². The molecular formula is C13H11Br2ClN2O2S. The fourth-order valence-electron chi connectivity index (χ4n) is 1.63. The summed E-state index contributed by atoms with van der Waals surface area (Å²) in [5, 5.41) is 0.291. The third-order valence-electron chi connectivity index (χ3n) is 2.76. The molecule has 0 spiro atoms. The molecular weight excluding hydrogens is 443 g/mol. The smallest absolute Gasteiger partial charge is 0.263 e. The number of aryl methyl sites for hydroxylation is 1. The van der Waals surface area contributed by atoms with Crippen LogP contribution in [0.4, 0.5) is 11.4 Å². The number of sulfonamides is 1. The predicted octanol–water partition coefficient (Wildman–Crippen LogP) is 4.56. The zero-order valence-corrected chi connectivity index (χ0v) is 15.6. The van der Waals surface area contributed by atoms with Crippen LogP contribution in [0.2, 0.25) is 5.02 Å². The van der Waals surface area contributed by atoms with Crippen LogP contribution in [-0.2, 0) is 10.0 Å². The second-order valence-corrected chi connectivity index (χ2v) is 8.14. The number of nitrogens with one attached hydrogen (secondary N) is 1. The van der Waals surface area contributed by atoms with Gasteiger partial charge in [0.05, 0.1) is 16.4 Å². The molecule has 0 aliphatic carbocycles. The maximum Gasteiger partial charge on any atom is 0.263 e. The molecule has 0 amide bonds. The zero-order chi connectivity index (χ0) is 15.8. The van der Waals surface area contributed by atoms with Crippen LogP contribution in [0.25, 0.3) is 0 Å². The molecule has 4 nitrogen and oxygen atoms in total. The highest BCUT2D eigenvalue weighted by atomic mass is 79.9. The Bertz CT molecular complexity index is 810. The van der Waals surface area contributed by atoms with E-state index in [1.54, 1.807) is 24.3 Å². The lowest BCUT2D eigenvalue weighted by Gasteiger charge is -2.12. The van der Waals surface area contributed by atoms with Gasteiger partial charge >= 0.3 is 0 Å². The molecule has 112 valence electrons. The Morgan fingerprint density at radius 2 is 1.81 bits per heavy atom. The second kappa shape index (κ2) is 6.16. The lowest BCUT2D eigenvalue weighted by atomic mass is 10.2. The van der Waals surface area contributed by atoms with Crippen LogP contribution in [0.1, 0.15) is 5.56 Å². The van der Waals surface area contributed by atoms with Crippen LogP contribution in [0, 0.1) is 6.92 Å². The van der Waals surface area contributed by atoms with Crippen LogP contribution < -0.4 is 10.5 Å². The lowest BCUT2D eigenvalue weighted by molar-refractivity contribution is 0.600. The lowest BCUT2D eigenvalue weighted by Crippen LogP contribution is -2.14. The van der Waals surface area contributed by atoms with Gasteiger partial charge in [-0.05, 0) is 58.7 Å². The van der Waals surface area contributed by atoms with Gasteiger partial charge in [0.25, 0.3) is 10.0 Å². The van der Waals surface area contributed by atoms with E-state index < -0.39 is 10.0 Å². The number of nitrogen functional groups attached to an aromatic ring is 1. The number of hydrogen-bond acceptors (Lipinski definition) is 3. The average Bonchev–Trinajstić information content (AvgIpc) is 2.37. The molecule has 0 fully saturated rings. The van der Waals surface area contributed by atoms with Crippen LogP contribution >= 0.6 is 43.5 Å². The van der Waals surface area contributed by atoms with Gasteiger partial charge in [-0.15, -0.1) is 0 Å². The quantitative estimate of drug-likeness (QED) is 0.668. The number of anilines is 2. The first-order chi connectivity index (χ1) is 9.70. The monoisotopic (exact) mass is 452 g/mol. The Morgan fingerprint density at radius 1 is 1.14 bits per heavy atom. The van der Waals surface area contributed by atoms with E-state index in [9.17, 15) is 8.42 Å². The number of halogens is 3. The summed E-state index contributed by atoms with van der Waals surface area (Å²) in [4.78, 5) is 0.132. The van der Waals surface area contributed by atoms with Gasteiger partial charge in [-0.2, -0.15) is 0 Å². The van der Waals surface area contributed by atoms with E-state index in [2.05, 4.69) is 36.6 Å². The SMILES string of the molecule is Cc1cc(Br)c(S(=O)(=O)Nc2ccc(N)c(Cl)c2)cc1Br. The molecule has 2 rings (SSSR count). The number of rotatable bonds is 3. The van der Waals surface area contributed by atoms with Crippen molar-refractivity contribution in [1.29, 1.82) is 0 Å². The van der Waals surface area contributed by atoms with Gasteiger partial charge in [-0.3, -0.25) is 4.72 Å². The minimum atomic E-state index is -3.74. The molecule has 0 aromatic heterocycles. The van der Waals surface area contributed by atoms with E-state index in [1.807, 2.05) is 6.92 Å². The van der Waals surface area contributed by atoms with Gasteiger partial charge in [-0.25, -0.2) is 8.42 Å². The molecule has 0 bridgehead atoms. The second-order valence-electron chi connectivity index (χ2n) is 4.37. The largest absolute Gasteiger partial charge is 0.398 e. The van der Waals surface area contributed by atoms with Crippen molar-refractivity contribution in [2.75, 3.05) is 10.5 Å². The molecule has 0 aliphatic heterocycles. The molecule has 0 atom stereocenters. The molecule has 2 aromatic rings. The number of nitrogens with two attached hydrogens (primary N) is 1. The maximum atomic E-state index is 12.4. The van der Waals surface area contributed by atoms with Gasteiger partial charge in [0.15, 0.2) is 0 Å². The highest BCUT2D eigenvalue weighted by Crippen LogP contribution is 2.31. The molecule has 0 unspecified atom stereocenters. The van der Waals surface area contributed by atoms with E-state index >= 15 is 0 Å². The predicted molar refractivity (Wildman–Crippen MR) is 93.3 cm³/mol. The van der Waals surface area contributed by atoms with E-state index in [4.69, 9.17) is 17.3 Å². The third kappa shape index (κ3) is 3.71. The first kappa shape index (κ1) is 16.6. The zero-order valence-electron chi connectivity index (χ0n) is 10.8. The summed E-state index contributed by atoms with van der Waals surface area (Å²) in [7, 11) is -3.74. The van der Waals surface area contributed by atoms with Gasteiger partial charge < -0.3 is 5.73 Å². The molecule has 3 N–H and O–H groups in total. The van der Waals surface area contributed by atoms with Gasteiger partial charge in [0.2, 0.25) is 0 Å². The Labute approximate surface area is 145 Å². The molecule has 8 heteroatoms. The first-order valence-corrected chi connectivity index (χ1v) is 9.19. The molecule has 0 saturated carbocycles. The molecule has 21 heavy (non-hydrogen) atoms. The summed E-state index contributed by atoms with van der Waals surface area (Å²) < 4.78 is 28.6. The summed E-state index contributed by atoms with van der Waals surface area (Å²) in [6.07, 6.45) is 0. The van der Waals surface area contributed by atoms with Crippen LogP contribution in [0.5, 0.6) is 0 Å². The van der Waals surface area contributed by atoms with Crippen molar-refractivity contribution in [3.63, 3.8) is 0 Å². The average molecular weight is 455 g/mol. The fourth-order valence-corrected chi connectivity index (χ4v) is 4.54. The van der Waals surface area contributed by atoms with Crippen molar-refractivity contribution in [3.05, 3.63) is 49.9 Å². The summed E-state index contributed by atoms with van der Waals surface area (Å²) in [6, 6.07) is 7.83. The summed E-state index contributed by atoms with van der Waals surface area (Å²) >= 11 is 12.5. The van der Waals surface area contributed by atoms with E-state index in [0.29, 0.717) is 25.3 Å². The van der Waals surface area contributed by atoms with Gasteiger partial charge in [-0.1, -0.05) is 27.5 Å². The molecule has 0 heterocycles. The fraction of sp³-hybridized carbons (Fsp3) is 0.0769. The maximum absolute atomic E-state index is 12.4. The standard InChI is InChI=1S/C13H11Br2ClN2O2S/c1-7-4-10(15)13(6-9(7)14)21(19,20)18-8-2-3-12(17)11(16)5-8/h2-6,18H,17H2,1H3. The summed E-state index contributed by atoms with van der Waals surface area (Å²) in [6.45, 7) is 1.87. The number of benzene rings is 2. The highest BCUT2D eigenvalue weighted by Gasteiger charge is 2.19. The Hall–Kier alpha value is -0.760. The highest BCUT2D eigenvalue weighted by molar-refractivity contribution is 9.11. The Kier molecular flexibility index (Phi) is 4.87. The Balaban J connectivity index is 2.43. The Morgan fingerprint density at radius 3 is 2.43 bits per heavy atom. The summed E-state index contributed by atoms with van der Waals surface area (Å²) in [5.74, 6) is 0. The topological polar surface area (TPSA) is 72.2 Å². The van der Waals surface area contributed by atoms with Crippen molar-refractivity contribution in [3.8, 4) is 0 Å². The number of hydrogen-bond donors (Lipinski definition) is 2. The van der Waals surface area contributed by atoms with Crippen LogP contribution in [0.15, 0.2) is 44.2 Å². The van der Waals surface area contributed by atoms with Crippen LogP contribution in [0.3, 0.4) is 0 Å². The van der Waals surface area contributed by atoms with Crippen LogP contribution in [-0.4, -0.2) is 8.42 Å². The first-order valence-electron chi connectivity index (χ1n) is 5.74. The van der Waals surface area contributed by atoms with Crippen molar-refractivity contribution >= 4 is 64.9 Å². The summed E-state index contributed by atoms with van der Waals surface area (Å²) in [5.41, 5.74) is 7.26. The van der Waals surface area contributed by atoms with Crippen molar-refractivity contribution < 1.29 is 8.42 Å². The third-order valence-corrected chi connectivity index (χ3v) is 6.28.